The van der Waals surface area contributed by atoms with Crippen LogP contribution in [0.1, 0.15) is 32.6 Å². The normalized spacial score (nSPS) is 12.0. The Bertz CT molecular complexity index is 903. The highest BCUT2D eigenvalue weighted by molar-refractivity contribution is 5.77. The Morgan fingerprint density at radius 1 is 1.11 bits per heavy atom. The fourth-order valence-corrected chi connectivity index (χ4v) is 3.08. The van der Waals surface area contributed by atoms with Gasteiger partial charge in [0.1, 0.15) is 23.9 Å². The molecule has 3 rings (SSSR count). The molecule has 1 amide bonds. The van der Waals surface area contributed by atoms with Crippen LogP contribution in [0.15, 0.2) is 48.5 Å². The summed E-state index contributed by atoms with van der Waals surface area (Å²) in [7, 11) is 0. The molecule has 0 aliphatic rings. The van der Waals surface area contributed by atoms with Crippen LogP contribution in [-0.2, 0) is 11.3 Å². The lowest BCUT2D eigenvalue weighted by Gasteiger charge is -2.16. The molecule has 6 nitrogen and oxygen atoms in total. The van der Waals surface area contributed by atoms with E-state index in [1.165, 1.54) is 6.92 Å². The number of fused-ring (bicyclic) bond motifs is 1. The van der Waals surface area contributed by atoms with Gasteiger partial charge in [-0.2, -0.15) is 0 Å². The van der Waals surface area contributed by atoms with E-state index in [4.69, 9.17) is 14.5 Å². The van der Waals surface area contributed by atoms with Gasteiger partial charge in [-0.3, -0.25) is 4.79 Å². The molecule has 1 atom stereocenters. The molecule has 0 fully saturated rings. The zero-order chi connectivity index (χ0) is 19.2. The summed E-state index contributed by atoms with van der Waals surface area (Å²) >= 11 is 0. The Morgan fingerprint density at radius 2 is 1.78 bits per heavy atom. The highest BCUT2D eigenvalue weighted by Gasteiger charge is 2.17. The van der Waals surface area contributed by atoms with E-state index >= 15 is 0 Å². The summed E-state index contributed by atoms with van der Waals surface area (Å²) in [4.78, 5) is 16.1. The molecule has 0 bridgehead atoms. The molecule has 1 N–H and O–H groups in total. The second kappa shape index (κ2) is 8.58. The van der Waals surface area contributed by atoms with Crippen LogP contribution in [0.4, 0.5) is 0 Å². The number of carbonyl (C=O) groups is 1. The van der Waals surface area contributed by atoms with Gasteiger partial charge in [0.05, 0.1) is 30.2 Å². The average molecular weight is 367 g/mol. The summed E-state index contributed by atoms with van der Waals surface area (Å²) in [6.07, 6.45) is 0. The van der Waals surface area contributed by atoms with Gasteiger partial charge in [0, 0.05) is 6.92 Å². The minimum absolute atomic E-state index is 0.0771. The van der Waals surface area contributed by atoms with E-state index in [1.807, 2.05) is 62.4 Å². The van der Waals surface area contributed by atoms with Gasteiger partial charge in [-0.15, -0.1) is 0 Å². The number of ether oxygens (including phenoxy) is 2. The second-order valence-electron chi connectivity index (χ2n) is 6.29. The molecule has 0 aliphatic heterocycles. The van der Waals surface area contributed by atoms with Crippen LogP contribution in [0, 0.1) is 0 Å². The quantitative estimate of drug-likeness (QED) is 0.659. The van der Waals surface area contributed by atoms with Gasteiger partial charge in [0.15, 0.2) is 0 Å². The number of carbonyl (C=O) groups excluding carboxylic acids is 1. The summed E-state index contributed by atoms with van der Waals surface area (Å²) < 4.78 is 13.4. The number of nitrogens with zero attached hydrogens (tertiary/aromatic N) is 2. The van der Waals surface area contributed by atoms with E-state index in [2.05, 4.69) is 9.88 Å². The number of benzene rings is 2. The number of imidazole rings is 1. The zero-order valence-electron chi connectivity index (χ0n) is 15.9. The van der Waals surface area contributed by atoms with Gasteiger partial charge in [-0.25, -0.2) is 4.98 Å². The molecular weight excluding hydrogens is 342 g/mol. The van der Waals surface area contributed by atoms with Crippen molar-refractivity contribution >= 4 is 16.9 Å². The molecule has 27 heavy (non-hydrogen) atoms. The summed E-state index contributed by atoms with van der Waals surface area (Å²) in [5, 5.41) is 2.91. The van der Waals surface area contributed by atoms with Gasteiger partial charge in [0.25, 0.3) is 0 Å². The van der Waals surface area contributed by atoms with Crippen LogP contribution in [0.3, 0.4) is 0 Å². The van der Waals surface area contributed by atoms with Crippen LogP contribution in [-0.4, -0.2) is 28.7 Å². The fourth-order valence-electron chi connectivity index (χ4n) is 3.08. The highest BCUT2D eigenvalue weighted by Crippen LogP contribution is 2.22. The van der Waals surface area contributed by atoms with E-state index < -0.39 is 0 Å². The van der Waals surface area contributed by atoms with Crippen LogP contribution in [0.2, 0.25) is 0 Å². The maximum Gasteiger partial charge on any atom is 0.217 e. The third-order valence-electron chi connectivity index (χ3n) is 4.21. The first-order valence-electron chi connectivity index (χ1n) is 9.16. The van der Waals surface area contributed by atoms with Crippen molar-refractivity contribution in [1.29, 1.82) is 0 Å². The van der Waals surface area contributed by atoms with Crippen LogP contribution >= 0.6 is 0 Å². The number of aromatic nitrogens is 2. The number of para-hydroxylation sites is 2. The van der Waals surface area contributed by atoms with E-state index in [0.717, 1.165) is 28.4 Å². The number of hydrogen-bond acceptors (Lipinski definition) is 4. The maximum atomic E-state index is 11.4. The molecule has 142 valence electrons. The predicted octanol–water partition coefficient (Wildman–Crippen LogP) is 3.71. The van der Waals surface area contributed by atoms with Crippen LogP contribution < -0.4 is 14.8 Å². The standard InChI is InChI=1S/C21H25N3O3/c1-4-26-17-9-11-18(12-10-17)27-14-13-24-20-8-6-5-7-19(20)23-21(24)15(2)22-16(3)25/h5-12,15H,4,13-14H2,1-3H3,(H,22,25). The molecule has 1 unspecified atom stereocenters. The minimum Gasteiger partial charge on any atom is -0.494 e. The number of rotatable bonds is 8. The van der Waals surface area contributed by atoms with Gasteiger partial charge in [-0.05, 0) is 50.2 Å². The topological polar surface area (TPSA) is 65.4 Å². The molecule has 0 saturated carbocycles. The molecular formula is C21H25N3O3. The summed E-state index contributed by atoms with van der Waals surface area (Å²) in [5.41, 5.74) is 1.94. The highest BCUT2D eigenvalue weighted by atomic mass is 16.5. The molecule has 1 aromatic heterocycles. The fraction of sp³-hybridized carbons (Fsp3) is 0.333. The Kier molecular flexibility index (Phi) is 5.96. The Morgan fingerprint density at radius 3 is 2.44 bits per heavy atom. The van der Waals surface area contributed by atoms with Crippen LogP contribution in [0.25, 0.3) is 11.0 Å². The molecule has 3 aromatic rings. The third-order valence-corrected chi connectivity index (χ3v) is 4.21. The van der Waals surface area contributed by atoms with Gasteiger partial charge in [0.2, 0.25) is 5.91 Å². The number of nitrogens with one attached hydrogen (secondary N) is 1. The predicted molar refractivity (Wildman–Crippen MR) is 105 cm³/mol. The Hall–Kier alpha value is -3.02. The molecule has 0 spiro atoms. The Balaban J connectivity index is 1.74. The first kappa shape index (κ1) is 18.8. The smallest absolute Gasteiger partial charge is 0.217 e. The summed E-state index contributed by atoms with van der Waals surface area (Å²) in [6.45, 7) is 7.18. The molecule has 0 aliphatic carbocycles. The average Bonchev–Trinajstić information content (AvgIpc) is 3.02. The SMILES string of the molecule is CCOc1ccc(OCCn2c(C(C)NC(C)=O)nc3ccccc32)cc1. The van der Waals surface area contributed by atoms with E-state index in [9.17, 15) is 4.79 Å². The van der Waals surface area contributed by atoms with Crippen molar-refractivity contribution < 1.29 is 14.3 Å². The van der Waals surface area contributed by atoms with Gasteiger partial charge >= 0.3 is 0 Å². The van der Waals surface area contributed by atoms with Crippen molar-refractivity contribution in [2.24, 2.45) is 0 Å². The summed E-state index contributed by atoms with van der Waals surface area (Å²) in [5.74, 6) is 2.37. The van der Waals surface area contributed by atoms with Crippen molar-refractivity contribution in [1.82, 2.24) is 14.9 Å². The third kappa shape index (κ3) is 4.58. The molecule has 6 heteroatoms. The first-order valence-corrected chi connectivity index (χ1v) is 9.16. The first-order chi connectivity index (χ1) is 13.1. The van der Waals surface area contributed by atoms with Gasteiger partial charge < -0.3 is 19.4 Å². The van der Waals surface area contributed by atoms with E-state index in [-0.39, 0.29) is 11.9 Å². The molecule has 2 aromatic carbocycles. The lowest BCUT2D eigenvalue weighted by atomic mass is 10.3. The van der Waals surface area contributed by atoms with Crippen molar-refractivity contribution in [3.05, 3.63) is 54.4 Å². The van der Waals surface area contributed by atoms with E-state index in [0.29, 0.717) is 19.8 Å². The zero-order valence-corrected chi connectivity index (χ0v) is 15.9. The molecule has 1 heterocycles. The number of hydrogen-bond donors (Lipinski definition) is 1. The minimum atomic E-state index is -0.180. The Labute approximate surface area is 159 Å². The van der Waals surface area contributed by atoms with E-state index in [1.54, 1.807) is 0 Å². The lowest BCUT2D eigenvalue weighted by molar-refractivity contribution is -0.119. The molecule has 0 saturated heterocycles. The lowest BCUT2D eigenvalue weighted by Crippen LogP contribution is -2.27. The molecule has 0 radical (unpaired) electrons. The van der Waals surface area contributed by atoms with Crippen molar-refractivity contribution in [3.63, 3.8) is 0 Å². The monoisotopic (exact) mass is 367 g/mol. The van der Waals surface area contributed by atoms with Gasteiger partial charge in [-0.1, -0.05) is 12.1 Å². The van der Waals surface area contributed by atoms with Crippen molar-refractivity contribution in [2.45, 2.75) is 33.4 Å². The largest absolute Gasteiger partial charge is 0.494 e. The van der Waals surface area contributed by atoms with Crippen molar-refractivity contribution in [2.75, 3.05) is 13.2 Å². The van der Waals surface area contributed by atoms with Crippen molar-refractivity contribution in [3.8, 4) is 11.5 Å². The van der Waals surface area contributed by atoms with Crippen LogP contribution in [0.5, 0.6) is 11.5 Å². The number of amides is 1. The maximum absolute atomic E-state index is 11.4. The second-order valence-corrected chi connectivity index (χ2v) is 6.29. The summed E-state index contributed by atoms with van der Waals surface area (Å²) in [6, 6.07) is 15.4.